The Balaban J connectivity index is 5.17. The van der Waals surface area contributed by atoms with Crippen molar-refractivity contribution in [2.24, 2.45) is 11.5 Å². The Morgan fingerprint density at radius 2 is 1.34 bits per heavy atom. The molecule has 0 saturated carbocycles. The number of aliphatic hydroxyl groups excluding tert-OH is 3. The normalized spacial score (nSPS) is 17.0. The lowest BCUT2D eigenvalue weighted by Crippen LogP contribution is -2.61. The molecule has 4 amide bonds. The van der Waals surface area contributed by atoms with Crippen LogP contribution in [0.4, 0.5) is 0 Å². The van der Waals surface area contributed by atoms with Gasteiger partial charge in [-0.2, -0.15) is 0 Å². The number of hydrogen-bond acceptors (Lipinski definition) is 9. The first-order valence-corrected chi connectivity index (χ1v) is 8.46. The highest BCUT2D eigenvalue weighted by atomic mass is 16.4. The van der Waals surface area contributed by atoms with E-state index in [-0.39, 0.29) is 0 Å². The molecule has 0 aromatic heterocycles. The SMILES string of the molecule is CC(O)C(NC(=O)C(CO)NC(=O)C(NC(=O)C(N)CC(N)=O)C(C)O)C(=O)O. The van der Waals surface area contributed by atoms with Crippen molar-refractivity contribution in [2.75, 3.05) is 6.61 Å². The van der Waals surface area contributed by atoms with Crippen LogP contribution in [0.5, 0.6) is 0 Å². The number of carboxylic acids is 1. The third-order valence-corrected chi connectivity index (χ3v) is 3.68. The van der Waals surface area contributed by atoms with Crippen molar-refractivity contribution >= 4 is 29.6 Å². The Kier molecular flexibility index (Phi) is 10.7. The number of carbonyl (C=O) groups excluding carboxylic acids is 4. The van der Waals surface area contributed by atoms with Gasteiger partial charge in [-0.1, -0.05) is 0 Å². The monoisotopic (exact) mass is 421 g/mol. The van der Waals surface area contributed by atoms with E-state index in [1.54, 1.807) is 0 Å². The summed E-state index contributed by atoms with van der Waals surface area (Å²) in [5.74, 6) is -5.62. The summed E-state index contributed by atoms with van der Waals surface area (Å²) in [6, 6.07) is -6.36. The van der Waals surface area contributed by atoms with Gasteiger partial charge < -0.3 is 47.8 Å². The highest BCUT2D eigenvalue weighted by Crippen LogP contribution is 1.99. The molecule has 0 aliphatic heterocycles. The first-order valence-electron chi connectivity index (χ1n) is 8.46. The molecule has 6 unspecified atom stereocenters. The summed E-state index contributed by atoms with van der Waals surface area (Å²) >= 11 is 0. The minimum Gasteiger partial charge on any atom is -0.480 e. The predicted octanol–water partition coefficient (Wildman–Crippen LogP) is -5.52. The quantitative estimate of drug-likeness (QED) is 0.144. The Morgan fingerprint density at radius 1 is 0.862 bits per heavy atom. The van der Waals surface area contributed by atoms with Crippen molar-refractivity contribution in [3.8, 4) is 0 Å². The van der Waals surface area contributed by atoms with Crippen molar-refractivity contribution in [1.82, 2.24) is 16.0 Å². The number of aliphatic carboxylic acids is 1. The number of amides is 4. The number of carboxylic acid groups (broad SMARTS) is 1. The van der Waals surface area contributed by atoms with Crippen molar-refractivity contribution in [3.63, 3.8) is 0 Å². The highest BCUT2D eigenvalue weighted by molar-refractivity contribution is 5.95. The second kappa shape index (κ2) is 11.9. The zero-order chi connectivity index (χ0) is 22.9. The first-order chi connectivity index (χ1) is 13.3. The summed E-state index contributed by atoms with van der Waals surface area (Å²) in [7, 11) is 0. The molecular weight excluding hydrogens is 394 g/mol. The van der Waals surface area contributed by atoms with Crippen LogP contribution in [0.1, 0.15) is 20.3 Å². The summed E-state index contributed by atoms with van der Waals surface area (Å²) in [5, 5.41) is 43.4. The second-order valence-corrected chi connectivity index (χ2v) is 6.31. The van der Waals surface area contributed by atoms with Gasteiger partial charge in [-0.05, 0) is 13.8 Å². The molecule has 11 N–H and O–H groups in total. The number of primary amides is 1. The lowest BCUT2D eigenvalue weighted by molar-refractivity contribution is -0.145. The molecule has 0 spiro atoms. The Bertz CT molecular complexity index is 625. The fourth-order valence-electron chi connectivity index (χ4n) is 2.07. The van der Waals surface area contributed by atoms with Gasteiger partial charge in [0, 0.05) is 0 Å². The standard InChI is InChI=1S/C15H27N5O9/c1-5(22)10(19-12(25)7(16)3-9(17)24)14(27)18-8(4-21)13(26)20-11(6(2)23)15(28)29/h5-8,10-11,21-23H,3-4,16H2,1-2H3,(H2,17,24)(H,18,27)(H,19,25)(H,20,26)(H,28,29). The van der Waals surface area contributed by atoms with E-state index in [2.05, 4.69) is 5.32 Å². The van der Waals surface area contributed by atoms with Crippen LogP contribution < -0.4 is 27.4 Å². The van der Waals surface area contributed by atoms with Gasteiger partial charge in [-0.3, -0.25) is 19.2 Å². The van der Waals surface area contributed by atoms with Gasteiger partial charge in [0.15, 0.2) is 6.04 Å². The predicted molar refractivity (Wildman–Crippen MR) is 95.7 cm³/mol. The van der Waals surface area contributed by atoms with Gasteiger partial charge in [0.25, 0.3) is 0 Å². The van der Waals surface area contributed by atoms with E-state index in [0.29, 0.717) is 0 Å². The van der Waals surface area contributed by atoms with E-state index in [1.165, 1.54) is 0 Å². The van der Waals surface area contributed by atoms with E-state index in [0.717, 1.165) is 13.8 Å². The molecule has 0 aromatic carbocycles. The summed E-state index contributed by atoms with van der Waals surface area (Å²) in [5.41, 5.74) is 10.4. The molecule has 0 bridgehead atoms. The molecule has 29 heavy (non-hydrogen) atoms. The van der Waals surface area contributed by atoms with Crippen LogP contribution in [0.2, 0.25) is 0 Å². The first kappa shape index (κ1) is 26.2. The van der Waals surface area contributed by atoms with Crippen LogP contribution >= 0.6 is 0 Å². The molecule has 14 heteroatoms. The fraction of sp³-hybridized carbons (Fsp3) is 0.667. The van der Waals surface area contributed by atoms with E-state index >= 15 is 0 Å². The van der Waals surface area contributed by atoms with Crippen LogP contribution in [0.3, 0.4) is 0 Å². The molecule has 0 aliphatic carbocycles. The maximum Gasteiger partial charge on any atom is 0.328 e. The molecule has 0 rings (SSSR count). The maximum absolute atomic E-state index is 12.3. The van der Waals surface area contributed by atoms with E-state index in [1.807, 2.05) is 10.6 Å². The Labute approximate surface area is 165 Å². The van der Waals surface area contributed by atoms with Gasteiger partial charge >= 0.3 is 5.97 Å². The summed E-state index contributed by atoms with van der Waals surface area (Å²) in [4.78, 5) is 58.2. The fourth-order valence-corrected chi connectivity index (χ4v) is 2.07. The number of rotatable bonds is 12. The smallest absolute Gasteiger partial charge is 0.328 e. The van der Waals surface area contributed by atoms with E-state index in [4.69, 9.17) is 16.6 Å². The highest BCUT2D eigenvalue weighted by Gasteiger charge is 2.33. The van der Waals surface area contributed by atoms with Crippen LogP contribution in [0, 0.1) is 0 Å². The Hall–Kier alpha value is -2.81. The second-order valence-electron chi connectivity index (χ2n) is 6.31. The van der Waals surface area contributed by atoms with Crippen molar-refractivity contribution in [2.45, 2.75) is 56.6 Å². The van der Waals surface area contributed by atoms with Crippen LogP contribution in [0.25, 0.3) is 0 Å². The zero-order valence-electron chi connectivity index (χ0n) is 15.9. The minimum absolute atomic E-state index is 0.516. The number of aliphatic hydroxyl groups is 3. The van der Waals surface area contributed by atoms with Gasteiger partial charge in [0.05, 0.1) is 31.3 Å². The van der Waals surface area contributed by atoms with Crippen LogP contribution in [-0.2, 0) is 24.0 Å². The maximum atomic E-state index is 12.3. The van der Waals surface area contributed by atoms with Crippen molar-refractivity contribution in [1.29, 1.82) is 0 Å². The molecule has 0 radical (unpaired) electrons. The van der Waals surface area contributed by atoms with Crippen LogP contribution in [-0.4, -0.2) is 93.0 Å². The molecule has 166 valence electrons. The average Bonchev–Trinajstić information content (AvgIpc) is 2.59. The molecular formula is C15H27N5O9. The molecule has 6 atom stereocenters. The lowest BCUT2D eigenvalue weighted by Gasteiger charge is -2.26. The third-order valence-electron chi connectivity index (χ3n) is 3.68. The molecule has 0 aromatic rings. The molecule has 0 fully saturated rings. The number of hydrogen-bond donors (Lipinski definition) is 9. The summed E-state index contributed by atoms with van der Waals surface area (Å²) in [6.45, 7) is 1.30. The third kappa shape index (κ3) is 8.82. The summed E-state index contributed by atoms with van der Waals surface area (Å²) < 4.78 is 0. The van der Waals surface area contributed by atoms with Gasteiger partial charge in [0.2, 0.25) is 23.6 Å². The number of nitrogens with two attached hydrogens (primary N) is 2. The van der Waals surface area contributed by atoms with Crippen molar-refractivity contribution < 1.29 is 44.4 Å². The van der Waals surface area contributed by atoms with Gasteiger partial charge in [0.1, 0.15) is 12.1 Å². The van der Waals surface area contributed by atoms with Gasteiger partial charge in [-0.25, -0.2) is 4.79 Å². The minimum atomic E-state index is -1.70. The number of nitrogens with one attached hydrogen (secondary N) is 3. The molecule has 0 aliphatic rings. The summed E-state index contributed by atoms with van der Waals surface area (Å²) in [6.07, 6.45) is -3.45. The average molecular weight is 421 g/mol. The van der Waals surface area contributed by atoms with E-state index < -0.39 is 79.0 Å². The lowest BCUT2D eigenvalue weighted by atomic mass is 10.1. The van der Waals surface area contributed by atoms with Crippen molar-refractivity contribution in [3.05, 3.63) is 0 Å². The Morgan fingerprint density at radius 3 is 1.72 bits per heavy atom. The topological polar surface area (TPSA) is 254 Å². The van der Waals surface area contributed by atoms with Crippen LogP contribution in [0.15, 0.2) is 0 Å². The van der Waals surface area contributed by atoms with Gasteiger partial charge in [-0.15, -0.1) is 0 Å². The largest absolute Gasteiger partial charge is 0.480 e. The zero-order valence-corrected chi connectivity index (χ0v) is 15.9. The molecule has 14 nitrogen and oxygen atoms in total. The molecule has 0 saturated heterocycles. The van der Waals surface area contributed by atoms with E-state index in [9.17, 15) is 39.3 Å². The molecule has 0 heterocycles. The number of carbonyl (C=O) groups is 5.